The van der Waals surface area contributed by atoms with Gasteiger partial charge in [0.05, 0.1) is 12.1 Å². The fraction of sp³-hybridized carbons (Fsp3) is 0.622. The van der Waals surface area contributed by atoms with Crippen LogP contribution in [0.4, 0.5) is 0 Å². The first-order valence-corrected chi connectivity index (χ1v) is 17.1. The van der Waals surface area contributed by atoms with E-state index in [0.717, 1.165) is 49.7 Å². The Morgan fingerprint density at radius 2 is 1.27 bits per heavy atom. The van der Waals surface area contributed by atoms with E-state index >= 15 is 0 Å². The van der Waals surface area contributed by atoms with Crippen molar-refractivity contribution in [3.05, 3.63) is 59.7 Å². The van der Waals surface area contributed by atoms with Crippen molar-refractivity contribution in [3.8, 4) is 11.5 Å². The van der Waals surface area contributed by atoms with Crippen LogP contribution in [-0.4, -0.2) is 46.2 Å². The van der Waals surface area contributed by atoms with Crippen LogP contribution in [0.15, 0.2) is 48.5 Å². The van der Waals surface area contributed by atoms with Crippen LogP contribution in [0.1, 0.15) is 82.8 Å². The third-order valence-corrected chi connectivity index (χ3v) is 12.8. The average Bonchev–Trinajstić information content (AvgIpc) is 3.35. The van der Waals surface area contributed by atoms with Gasteiger partial charge >= 0.3 is 0 Å². The van der Waals surface area contributed by atoms with Gasteiger partial charge in [0, 0.05) is 12.1 Å². The van der Waals surface area contributed by atoms with Gasteiger partial charge in [0.1, 0.15) is 11.5 Å². The first kappa shape index (κ1) is 31.9. The van der Waals surface area contributed by atoms with Crippen LogP contribution in [0.5, 0.6) is 11.5 Å². The lowest BCUT2D eigenvalue weighted by molar-refractivity contribution is -0.129. The van der Waals surface area contributed by atoms with Gasteiger partial charge in [-0.25, -0.2) is 0 Å². The van der Waals surface area contributed by atoms with Crippen molar-refractivity contribution in [2.24, 2.45) is 46.0 Å². The summed E-state index contributed by atoms with van der Waals surface area (Å²) >= 11 is 0. The van der Waals surface area contributed by atoms with E-state index in [2.05, 4.69) is 24.5 Å². The number of nitrogens with two attached hydrogens (primary N) is 2. The molecule has 2 aromatic carbocycles. The molecule has 10 atom stereocenters. The summed E-state index contributed by atoms with van der Waals surface area (Å²) in [6, 6.07) is 12.9. The van der Waals surface area contributed by atoms with E-state index in [4.69, 9.17) is 11.5 Å². The number of rotatable bonds is 8. The molecule has 0 aromatic heterocycles. The van der Waals surface area contributed by atoms with E-state index < -0.39 is 12.1 Å². The van der Waals surface area contributed by atoms with Crippen LogP contribution < -0.4 is 22.1 Å². The van der Waals surface area contributed by atoms with Crippen LogP contribution in [0.25, 0.3) is 0 Å². The molecule has 244 valence electrons. The number of hydrogen-bond acceptors (Lipinski definition) is 6. The normalized spacial score (nSPS) is 35.3. The van der Waals surface area contributed by atoms with Crippen molar-refractivity contribution in [2.75, 3.05) is 0 Å². The fourth-order valence-electron chi connectivity index (χ4n) is 10.2. The lowest BCUT2D eigenvalue weighted by Crippen LogP contribution is -2.58. The molecule has 0 unspecified atom stereocenters. The Morgan fingerprint density at radius 1 is 0.733 bits per heavy atom. The topological polar surface area (TPSA) is 151 Å². The van der Waals surface area contributed by atoms with Gasteiger partial charge < -0.3 is 32.3 Å². The minimum absolute atomic E-state index is 0.0732. The van der Waals surface area contributed by atoms with E-state index in [1.54, 1.807) is 24.3 Å². The second kappa shape index (κ2) is 12.6. The first-order chi connectivity index (χ1) is 21.5. The quantitative estimate of drug-likeness (QED) is 0.256. The molecule has 4 aliphatic carbocycles. The molecule has 4 saturated carbocycles. The van der Waals surface area contributed by atoms with Gasteiger partial charge in [0.2, 0.25) is 11.8 Å². The number of aromatic hydroxyl groups is 2. The highest BCUT2D eigenvalue weighted by Crippen LogP contribution is 2.66. The van der Waals surface area contributed by atoms with Crippen molar-refractivity contribution >= 4 is 11.8 Å². The summed E-state index contributed by atoms with van der Waals surface area (Å²) in [5, 5.41) is 25.8. The van der Waals surface area contributed by atoms with Crippen molar-refractivity contribution < 1.29 is 19.8 Å². The molecule has 2 aromatic rings. The molecule has 45 heavy (non-hydrogen) atoms. The third kappa shape index (κ3) is 6.33. The molecule has 0 spiro atoms. The Hall–Kier alpha value is -3.10. The molecular weight excluding hydrogens is 564 g/mol. The maximum absolute atomic E-state index is 13.2. The molecule has 6 rings (SSSR count). The molecule has 8 heteroatoms. The van der Waals surface area contributed by atoms with E-state index in [0.29, 0.717) is 36.5 Å². The highest BCUT2D eigenvalue weighted by atomic mass is 16.3. The monoisotopic (exact) mass is 616 g/mol. The molecule has 0 bridgehead atoms. The predicted octanol–water partition coefficient (Wildman–Crippen LogP) is 4.55. The lowest BCUT2D eigenvalue weighted by atomic mass is 9.45. The Kier molecular flexibility index (Phi) is 8.92. The number of benzene rings is 2. The number of carbonyl (C=O) groups is 2. The SMILES string of the molecule is C[C@]12CC[C@H](NC(=O)[C@H](N)Cc3ccc(O)cc3)C[C@H]1CC[C@@H]1[C@@H]2CC[C@]2(C)[C@@H](NC(=O)[C@H](N)Cc3ccc(O)cc3)CC[C@@H]12. The Morgan fingerprint density at radius 3 is 1.87 bits per heavy atom. The van der Waals surface area contributed by atoms with Crippen LogP contribution in [0, 0.1) is 34.5 Å². The second-order valence-electron chi connectivity index (χ2n) is 15.3. The second-order valence-corrected chi connectivity index (χ2v) is 15.3. The van der Waals surface area contributed by atoms with Gasteiger partial charge in [-0.3, -0.25) is 9.59 Å². The van der Waals surface area contributed by atoms with Crippen LogP contribution in [0.2, 0.25) is 0 Å². The standard InChI is InChI=1S/C37H52N4O4/c1-36-17-15-25(40-34(44)31(38)19-22-3-8-26(42)9-4-22)21-24(36)7-12-28-29-13-14-33(37(29,2)18-16-30(28)36)41-35(45)32(39)20-23-5-10-27(43)11-6-23/h3-6,8-11,24-25,28-33,42-43H,7,12-21,38-39H2,1-2H3,(H,40,44)(H,41,45)/t24-,25+,28+,29+,30+,31-,32-,33+,36+,37+/m1/s1. The van der Waals surface area contributed by atoms with Crippen molar-refractivity contribution in [1.82, 2.24) is 10.6 Å². The van der Waals surface area contributed by atoms with Crippen LogP contribution in [0.3, 0.4) is 0 Å². The summed E-state index contributed by atoms with van der Waals surface area (Å²) in [6.45, 7) is 4.95. The summed E-state index contributed by atoms with van der Waals surface area (Å²) in [5.41, 5.74) is 14.9. The molecule has 0 aliphatic heterocycles. The number of amides is 2. The summed E-state index contributed by atoms with van der Waals surface area (Å²) in [4.78, 5) is 26.3. The van der Waals surface area contributed by atoms with Crippen molar-refractivity contribution in [2.45, 2.75) is 109 Å². The molecule has 8 N–H and O–H groups in total. The largest absolute Gasteiger partial charge is 0.508 e. The number of carbonyl (C=O) groups excluding carboxylic acids is 2. The van der Waals surface area contributed by atoms with Crippen molar-refractivity contribution in [3.63, 3.8) is 0 Å². The third-order valence-electron chi connectivity index (χ3n) is 12.8. The zero-order chi connectivity index (χ0) is 31.9. The van der Waals surface area contributed by atoms with E-state index in [1.807, 2.05) is 24.3 Å². The highest BCUT2D eigenvalue weighted by Gasteiger charge is 2.60. The van der Waals surface area contributed by atoms with Gasteiger partial charge in [0.25, 0.3) is 0 Å². The number of fused-ring (bicyclic) bond motifs is 5. The van der Waals surface area contributed by atoms with Crippen molar-refractivity contribution in [1.29, 1.82) is 0 Å². The number of phenols is 2. The van der Waals surface area contributed by atoms with Crippen LogP contribution in [-0.2, 0) is 22.4 Å². The molecule has 2 amide bonds. The molecular formula is C37H52N4O4. The van der Waals surface area contributed by atoms with Crippen LogP contribution >= 0.6 is 0 Å². The number of nitrogens with one attached hydrogen (secondary N) is 2. The molecule has 8 nitrogen and oxygen atoms in total. The summed E-state index contributed by atoms with van der Waals surface area (Å²) in [7, 11) is 0. The zero-order valence-electron chi connectivity index (χ0n) is 26.9. The smallest absolute Gasteiger partial charge is 0.237 e. The number of hydrogen-bond donors (Lipinski definition) is 6. The molecule has 0 saturated heterocycles. The van der Waals surface area contributed by atoms with Gasteiger partial charge in [-0.1, -0.05) is 38.1 Å². The average molecular weight is 617 g/mol. The Bertz CT molecular complexity index is 1370. The highest BCUT2D eigenvalue weighted by molar-refractivity contribution is 5.82. The summed E-state index contributed by atoms with van der Waals surface area (Å²) < 4.78 is 0. The predicted molar refractivity (Wildman–Crippen MR) is 175 cm³/mol. The van der Waals surface area contributed by atoms with Gasteiger partial charge in [0.15, 0.2) is 0 Å². The molecule has 0 radical (unpaired) electrons. The number of phenolic OH excluding ortho intramolecular Hbond substituents is 2. The summed E-state index contributed by atoms with van der Waals surface area (Å²) in [6.07, 6.45) is 11.0. The first-order valence-electron chi connectivity index (χ1n) is 17.1. The Balaban J connectivity index is 1.04. The minimum atomic E-state index is -0.610. The van der Waals surface area contributed by atoms with E-state index in [-0.39, 0.29) is 46.2 Å². The lowest BCUT2D eigenvalue weighted by Gasteiger charge is -2.61. The maximum atomic E-state index is 13.2. The fourth-order valence-corrected chi connectivity index (χ4v) is 10.2. The van der Waals surface area contributed by atoms with E-state index in [9.17, 15) is 19.8 Å². The van der Waals surface area contributed by atoms with Gasteiger partial charge in [-0.2, -0.15) is 0 Å². The molecule has 4 fully saturated rings. The molecule has 0 heterocycles. The zero-order valence-corrected chi connectivity index (χ0v) is 26.9. The maximum Gasteiger partial charge on any atom is 0.237 e. The molecule has 4 aliphatic rings. The Labute approximate surface area is 267 Å². The summed E-state index contributed by atoms with van der Waals surface area (Å²) in [5.74, 6) is 2.85. The van der Waals surface area contributed by atoms with Gasteiger partial charge in [-0.15, -0.1) is 0 Å². The van der Waals surface area contributed by atoms with Gasteiger partial charge in [-0.05, 0) is 141 Å². The van der Waals surface area contributed by atoms with E-state index in [1.165, 1.54) is 19.3 Å². The minimum Gasteiger partial charge on any atom is -0.508 e.